The lowest BCUT2D eigenvalue weighted by Gasteiger charge is -2.37. The number of esters is 1. The first-order valence-corrected chi connectivity index (χ1v) is 12.5. The van der Waals surface area contributed by atoms with Crippen LogP contribution in [-0.4, -0.2) is 81.6 Å². The van der Waals surface area contributed by atoms with Gasteiger partial charge < -0.3 is 19.6 Å². The lowest BCUT2D eigenvalue weighted by atomic mass is 9.71. The van der Waals surface area contributed by atoms with Crippen molar-refractivity contribution in [1.82, 2.24) is 9.80 Å². The minimum atomic E-state index is -0.574. The summed E-state index contributed by atoms with van der Waals surface area (Å²) in [6.07, 6.45) is 6.38. The van der Waals surface area contributed by atoms with E-state index in [4.69, 9.17) is 4.74 Å². The zero-order valence-electron chi connectivity index (χ0n) is 18.8. The van der Waals surface area contributed by atoms with E-state index in [2.05, 4.69) is 13.5 Å². The third kappa shape index (κ3) is 4.25. The molecular weight excluding hydrogens is 416 g/mol. The molecule has 3 aliphatic rings. The number of carbonyl (C=O) groups is 3. The summed E-state index contributed by atoms with van der Waals surface area (Å²) in [6, 6.07) is -0.574. The molecule has 2 amide bonds. The fourth-order valence-corrected chi connectivity index (χ4v) is 7.74. The van der Waals surface area contributed by atoms with Crippen molar-refractivity contribution in [1.29, 1.82) is 0 Å². The molecule has 3 heterocycles. The SMILES string of the molecule is C=CCN(CCCC)C(=O)C1N(CCCCO)C(=O)[C@@H]2[C@H](C(=O)OCC)[C@@H]3CCC12S3. The van der Waals surface area contributed by atoms with Gasteiger partial charge in [0.15, 0.2) is 0 Å². The zero-order valence-corrected chi connectivity index (χ0v) is 19.6. The first-order valence-electron chi connectivity index (χ1n) is 11.6. The molecule has 8 heteroatoms. The van der Waals surface area contributed by atoms with Crippen molar-refractivity contribution >= 4 is 29.5 Å². The molecule has 0 aromatic carbocycles. The third-order valence-electron chi connectivity index (χ3n) is 6.84. The average molecular weight is 453 g/mol. The summed E-state index contributed by atoms with van der Waals surface area (Å²) in [4.78, 5) is 43.8. The van der Waals surface area contributed by atoms with Gasteiger partial charge in [-0.3, -0.25) is 14.4 Å². The lowest BCUT2D eigenvalue weighted by Crippen LogP contribution is -2.55. The Kier molecular flexibility index (Phi) is 8.08. The van der Waals surface area contributed by atoms with Crippen molar-refractivity contribution in [2.45, 2.75) is 68.4 Å². The van der Waals surface area contributed by atoms with Gasteiger partial charge >= 0.3 is 5.97 Å². The number of likely N-dealkylation sites (tertiary alicyclic amines) is 1. The molecule has 1 N–H and O–H groups in total. The van der Waals surface area contributed by atoms with Gasteiger partial charge in [0.2, 0.25) is 11.8 Å². The first kappa shape index (κ1) is 24.1. The average Bonchev–Trinajstić information content (AvgIpc) is 3.39. The van der Waals surface area contributed by atoms with Gasteiger partial charge in [0, 0.05) is 31.5 Å². The fraction of sp³-hybridized carbons (Fsp3) is 0.783. The van der Waals surface area contributed by atoms with Gasteiger partial charge in [-0.15, -0.1) is 18.3 Å². The largest absolute Gasteiger partial charge is 0.466 e. The molecule has 3 rings (SSSR count). The molecule has 3 fully saturated rings. The number of hydrogen-bond donors (Lipinski definition) is 1. The number of unbranched alkanes of at least 4 members (excludes halogenated alkanes) is 2. The predicted molar refractivity (Wildman–Crippen MR) is 120 cm³/mol. The Morgan fingerprint density at radius 3 is 2.77 bits per heavy atom. The van der Waals surface area contributed by atoms with Crippen LogP contribution in [0.3, 0.4) is 0 Å². The number of fused-ring (bicyclic) bond motifs is 1. The molecule has 3 saturated heterocycles. The van der Waals surface area contributed by atoms with Crippen LogP contribution < -0.4 is 0 Å². The summed E-state index contributed by atoms with van der Waals surface area (Å²) in [5.41, 5.74) is 0. The van der Waals surface area contributed by atoms with Gasteiger partial charge in [-0.05, 0) is 39.0 Å². The van der Waals surface area contributed by atoms with Crippen LogP contribution in [0.15, 0.2) is 12.7 Å². The quantitative estimate of drug-likeness (QED) is 0.278. The predicted octanol–water partition coefficient (Wildman–Crippen LogP) is 2.23. The van der Waals surface area contributed by atoms with Gasteiger partial charge in [0.25, 0.3) is 0 Å². The van der Waals surface area contributed by atoms with Crippen LogP contribution >= 0.6 is 11.8 Å². The molecule has 0 saturated carbocycles. The molecule has 0 radical (unpaired) electrons. The molecule has 3 aliphatic heterocycles. The van der Waals surface area contributed by atoms with Crippen molar-refractivity contribution in [3.05, 3.63) is 12.7 Å². The van der Waals surface area contributed by atoms with Crippen molar-refractivity contribution in [3.63, 3.8) is 0 Å². The highest BCUT2D eigenvalue weighted by molar-refractivity contribution is 8.02. The van der Waals surface area contributed by atoms with Crippen LogP contribution in [0.1, 0.15) is 52.4 Å². The van der Waals surface area contributed by atoms with Crippen molar-refractivity contribution in [3.8, 4) is 0 Å². The second kappa shape index (κ2) is 10.4. The van der Waals surface area contributed by atoms with E-state index in [1.807, 2.05) is 4.90 Å². The van der Waals surface area contributed by atoms with Crippen LogP contribution in [0.25, 0.3) is 0 Å². The molecule has 31 heavy (non-hydrogen) atoms. The van der Waals surface area contributed by atoms with Crippen LogP contribution in [0.5, 0.6) is 0 Å². The standard InChI is InChI=1S/C23H36N2O5S/c1-4-7-13-24(12-5-2)21(28)19-23-11-10-16(31-23)17(22(29)30-6-3)18(23)20(27)25(19)14-8-9-15-26/h5,16-19,26H,2,4,6-15H2,1,3H3/t16-,17+,18-,19?,23?/m0/s1. The van der Waals surface area contributed by atoms with E-state index in [1.165, 1.54) is 0 Å². The Morgan fingerprint density at radius 1 is 1.35 bits per heavy atom. The topological polar surface area (TPSA) is 87.2 Å². The number of aliphatic hydroxyl groups is 1. The van der Waals surface area contributed by atoms with E-state index in [0.29, 0.717) is 32.5 Å². The normalized spacial score (nSPS) is 31.1. The number of rotatable bonds is 12. The third-order valence-corrected chi connectivity index (χ3v) is 8.79. The van der Waals surface area contributed by atoms with Crippen LogP contribution in [0, 0.1) is 11.8 Å². The maximum Gasteiger partial charge on any atom is 0.310 e. The van der Waals surface area contributed by atoms with Gasteiger partial charge in [0.05, 0.1) is 23.2 Å². The van der Waals surface area contributed by atoms with E-state index >= 15 is 0 Å². The summed E-state index contributed by atoms with van der Waals surface area (Å²) >= 11 is 1.67. The molecule has 0 aliphatic carbocycles. The second-order valence-electron chi connectivity index (χ2n) is 8.70. The number of hydrogen-bond acceptors (Lipinski definition) is 6. The molecule has 174 valence electrons. The molecule has 7 nitrogen and oxygen atoms in total. The summed E-state index contributed by atoms with van der Waals surface area (Å²) < 4.78 is 4.77. The first-order chi connectivity index (χ1) is 15.0. The van der Waals surface area contributed by atoms with Crippen LogP contribution in [-0.2, 0) is 19.1 Å². The highest BCUT2D eigenvalue weighted by Gasteiger charge is 2.74. The van der Waals surface area contributed by atoms with E-state index in [0.717, 1.165) is 25.7 Å². The van der Waals surface area contributed by atoms with E-state index in [-0.39, 0.29) is 36.2 Å². The van der Waals surface area contributed by atoms with Crippen LogP contribution in [0.4, 0.5) is 0 Å². The smallest absolute Gasteiger partial charge is 0.310 e. The number of nitrogens with zero attached hydrogens (tertiary/aromatic N) is 2. The van der Waals surface area contributed by atoms with Gasteiger partial charge in [-0.2, -0.15) is 0 Å². The van der Waals surface area contributed by atoms with Gasteiger partial charge in [-0.25, -0.2) is 0 Å². The molecule has 2 unspecified atom stereocenters. The number of thioether (sulfide) groups is 1. The number of carbonyl (C=O) groups excluding carboxylic acids is 3. The monoisotopic (exact) mass is 452 g/mol. The Labute approximate surface area is 189 Å². The minimum Gasteiger partial charge on any atom is -0.466 e. The maximum atomic E-state index is 13.9. The Hall–Kier alpha value is -1.54. The summed E-state index contributed by atoms with van der Waals surface area (Å²) in [6.45, 7) is 9.51. The van der Waals surface area contributed by atoms with Crippen molar-refractivity contribution in [2.75, 3.05) is 32.8 Å². The molecular formula is C23H36N2O5S. The van der Waals surface area contributed by atoms with Crippen LogP contribution in [0.2, 0.25) is 0 Å². The fourth-order valence-electron chi connectivity index (χ4n) is 5.54. The zero-order chi connectivity index (χ0) is 22.6. The van der Waals surface area contributed by atoms with Crippen molar-refractivity contribution in [2.24, 2.45) is 11.8 Å². The number of aliphatic hydroxyl groups excluding tert-OH is 1. The molecule has 5 atom stereocenters. The van der Waals surface area contributed by atoms with E-state index in [1.54, 1.807) is 29.7 Å². The molecule has 0 aromatic heterocycles. The highest BCUT2D eigenvalue weighted by Crippen LogP contribution is 2.66. The minimum absolute atomic E-state index is 0.0337. The summed E-state index contributed by atoms with van der Waals surface area (Å²) in [7, 11) is 0. The van der Waals surface area contributed by atoms with Gasteiger partial charge in [-0.1, -0.05) is 19.4 Å². The maximum absolute atomic E-state index is 13.9. The van der Waals surface area contributed by atoms with Gasteiger partial charge in [0.1, 0.15) is 6.04 Å². The lowest BCUT2D eigenvalue weighted by molar-refractivity contribution is -0.153. The Balaban J connectivity index is 1.96. The Morgan fingerprint density at radius 2 is 2.13 bits per heavy atom. The van der Waals surface area contributed by atoms with Crippen molar-refractivity contribution < 1.29 is 24.2 Å². The Bertz CT molecular complexity index is 701. The second-order valence-corrected chi connectivity index (χ2v) is 10.3. The summed E-state index contributed by atoms with van der Waals surface area (Å²) in [5.74, 6) is -1.43. The number of amides is 2. The number of ether oxygens (including phenoxy) is 1. The molecule has 0 aromatic rings. The molecule has 2 bridgehead atoms. The molecule has 1 spiro atoms. The highest BCUT2D eigenvalue weighted by atomic mass is 32.2. The van der Waals surface area contributed by atoms with E-state index in [9.17, 15) is 19.5 Å². The summed E-state index contributed by atoms with van der Waals surface area (Å²) in [5, 5.41) is 9.25. The van der Waals surface area contributed by atoms with E-state index < -0.39 is 22.6 Å².